The van der Waals surface area contributed by atoms with Crippen LogP contribution >= 0.6 is 0 Å². The minimum atomic E-state index is -2.50. The van der Waals surface area contributed by atoms with E-state index in [0.29, 0.717) is 13.2 Å². The molecule has 0 rings (SSSR count). The fraction of sp³-hybridized carbons (Fsp3) is 1.00. The van der Waals surface area contributed by atoms with E-state index in [2.05, 4.69) is 6.92 Å². The Morgan fingerprint density at radius 2 is 1.60 bits per heavy atom. The van der Waals surface area contributed by atoms with E-state index in [1.807, 2.05) is 20.8 Å². The predicted molar refractivity (Wildman–Crippen MR) is 61.7 cm³/mol. The van der Waals surface area contributed by atoms with Crippen LogP contribution in [-0.2, 0) is 18.0 Å². The Kier molecular flexibility index (Phi) is 8.27. The number of hydrogen-bond acceptors (Lipinski definition) is 4. The molecule has 0 aliphatic heterocycles. The molecule has 0 saturated carbocycles. The van der Waals surface area contributed by atoms with Gasteiger partial charge in [-0.1, -0.05) is 13.3 Å². The number of ether oxygens (including phenoxy) is 1. The Bertz CT molecular complexity index is 137. The third-order valence-electron chi connectivity index (χ3n) is 1.96. The fourth-order valence-corrected chi connectivity index (χ4v) is 4.08. The van der Waals surface area contributed by atoms with Crippen LogP contribution in [-0.4, -0.2) is 35.4 Å². The quantitative estimate of drug-likeness (QED) is 0.455. The summed E-state index contributed by atoms with van der Waals surface area (Å²) in [5, 5.41) is 0. The molecule has 15 heavy (non-hydrogen) atoms. The van der Waals surface area contributed by atoms with Gasteiger partial charge in [0.1, 0.15) is 6.29 Å². The van der Waals surface area contributed by atoms with Gasteiger partial charge < -0.3 is 18.0 Å². The van der Waals surface area contributed by atoms with Crippen molar-refractivity contribution in [2.45, 2.75) is 46.4 Å². The van der Waals surface area contributed by atoms with E-state index in [9.17, 15) is 0 Å². The van der Waals surface area contributed by atoms with Gasteiger partial charge in [-0.15, -0.1) is 0 Å². The van der Waals surface area contributed by atoms with Gasteiger partial charge in [-0.25, -0.2) is 0 Å². The van der Waals surface area contributed by atoms with Crippen LogP contribution < -0.4 is 0 Å². The number of rotatable bonds is 9. The molecular formula is C10H24O4Si. The molecule has 0 amide bonds. The second-order valence-corrected chi connectivity index (χ2v) is 5.90. The zero-order valence-electron chi connectivity index (χ0n) is 10.5. The number of methoxy groups -OCH3 is 1. The minimum absolute atomic E-state index is 0.277. The Morgan fingerprint density at radius 3 is 1.93 bits per heavy atom. The van der Waals surface area contributed by atoms with Gasteiger partial charge in [0.2, 0.25) is 0 Å². The molecule has 0 fully saturated rings. The molecule has 92 valence electrons. The predicted octanol–water partition coefficient (Wildman–Crippen LogP) is 2.42. The highest BCUT2D eigenvalue weighted by Gasteiger charge is 2.41. The molecule has 0 saturated heterocycles. The van der Waals surface area contributed by atoms with Gasteiger partial charge in [0.25, 0.3) is 0 Å². The largest absolute Gasteiger partial charge is 0.502 e. The first-order valence-corrected chi connectivity index (χ1v) is 7.55. The molecule has 0 aliphatic rings. The third kappa shape index (κ3) is 5.63. The summed E-state index contributed by atoms with van der Waals surface area (Å²) >= 11 is 0. The van der Waals surface area contributed by atoms with E-state index in [-0.39, 0.29) is 6.29 Å². The van der Waals surface area contributed by atoms with Crippen LogP contribution in [0.2, 0.25) is 6.04 Å². The van der Waals surface area contributed by atoms with Gasteiger partial charge in [0.05, 0.1) is 0 Å². The van der Waals surface area contributed by atoms with Crippen molar-refractivity contribution in [3.05, 3.63) is 0 Å². The van der Waals surface area contributed by atoms with E-state index >= 15 is 0 Å². The maximum atomic E-state index is 5.78. The van der Waals surface area contributed by atoms with E-state index in [1.165, 1.54) is 0 Å². The summed E-state index contributed by atoms with van der Waals surface area (Å²) in [4.78, 5) is 0. The topological polar surface area (TPSA) is 36.9 Å². The lowest BCUT2D eigenvalue weighted by molar-refractivity contribution is -0.0885. The molecule has 5 heteroatoms. The first-order chi connectivity index (χ1) is 7.14. The Hall–Kier alpha value is 0.0569. The van der Waals surface area contributed by atoms with Crippen molar-refractivity contribution >= 4 is 8.80 Å². The molecule has 0 heterocycles. The van der Waals surface area contributed by atoms with Crippen molar-refractivity contribution in [2.75, 3.05) is 20.3 Å². The van der Waals surface area contributed by atoms with E-state index in [0.717, 1.165) is 12.5 Å². The lowest BCUT2D eigenvalue weighted by atomic mass is 10.6. The van der Waals surface area contributed by atoms with Crippen LogP contribution in [0, 0.1) is 0 Å². The second kappa shape index (κ2) is 8.24. The van der Waals surface area contributed by atoms with E-state index < -0.39 is 8.80 Å². The lowest BCUT2D eigenvalue weighted by Gasteiger charge is -2.30. The SMILES string of the molecule is CCC[Si](OCC)(OCC)OC(C)OC. The molecule has 0 aromatic heterocycles. The fourth-order valence-electron chi connectivity index (χ4n) is 1.36. The van der Waals surface area contributed by atoms with Gasteiger partial charge in [0.15, 0.2) is 0 Å². The highest BCUT2D eigenvalue weighted by molar-refractivity contribution is 6.60. The van der Waals surface area contributed by atoms with Crippen molar-refractivity contribution in [2.24, 2.45) is 0 Å². The molecule has 1 unspecified atom stereocenters. The summed E-state index contributed by atoms with van der Waals surface area (Å²) in [6.07, 6.45) is 0.712. The molecule has 0 aromatic carbocycles. The van der Waals surface area contributed by atoms with Crippen molar-refractivity contribution in [3.63, 3.8) is 0 Å². The molecule has 4 nitrogen and oxygen atoms in total. The van der Waals surface area contributed by atoms with E-state index in [4.69, 9.17) is 18.0 Å². The zero-order valence-corrected chi connectivity index (χ0v) is 11.5. The van der Waals surface area contributed by atoms with E-state index in [1.54, 1.807) is 7.11 Å². The summed E-state index contributed by atoms with van der Waals surface area (Å²) in [5.74, 6) is 0. The van der Waals surface area contributed by atoms with Crippen LogP contribution in [0.4, 0.5) is 0 Å². The Morgan fingerprint density at radius 1 is 1.07 bits per heavy atom. The van der Waals surface area contributed by atoms with Gasteiger partial charge in [-0.05, 0) is 20.8 Å². The summed E-state index contributed by atoms with van der Waals surface area (Å²) in [7, 11) is -0.886. The molecule has 1 atom stereocenters. The normalized spacial score (nSPS) is 14.2. The molecule has 0 radical (unpaired) electrons. The first-order valence-electron chi connectivity index (χ1n) is 5.62. The van der Waals surface area contributed by atoms with Gasteiger partial charge in [-0.3, -0.25) is 0 Å². The standard InChI is InChI=1S/C10H24O4Si/c1-6-9-15(12-7-2,13-8-3)14-10(4)11-5/h10H,6-9H2,1-5H3. The second-order valence-electron chi connectivity index (χ2n) is 3.22. The molecule has 0 aromatic rings. The average molecular weight is 236 g/mol. The summed E-state index contributed by atoms with van der Waals surface area (Å²) in [6.45, 7) is 9.09. The maximum Gasteiger partial charge on any atom is 0.502 e. The highest BCUT2D eigenvalue weighted by atomic mass is 28.4. The van der Waals surface area contributed by atoms with Crippen LogP contribution in [0.25, 0.3) is 0 Å². The zero-order chi connectivity index (χ0) is 11.7. The number of hydrogen-bond donors (Lipinski definition) is 0. The summed E-state index contributed by atoms with van der Waals surface area (Å²) < 4.78 is 22.3. The smallest absolute Gasteiger partial charge is 0.374 e. The first kappa shape index (κ1) is 15.1. The summed E-state index contributed by atoms with van der Waals surface area (Å²) in [5.41, 5.74) is 0. The van der Waals surface area contributed by atoms with Gasteiger partial charge in [-0.2, -0.15) is 0 Å². The molecule has 0 bridgehead atoms. The highest BCUT2D eigenvalue weighted by Crippen LogP contribution is 2.19. The summed E-state index contributed by atoms with van der Waals surface area (Å²) in [6, 6.07) is 0.836. The molecular weight excluding hydrogens is 212 g/mol. The van der Waals surface area contributed by atoms with Crippen molar-refractivity contribution in [3.8, 4) is 0 Å². The average Bonchev–Trinajstić information content (AvgIpc) is 2.18. The van der Waals surface area contributed by atoms with Crippen molar-refractivity contribution < 1.29 is 18.0 Å². The van der Waals surface area contributed by atoms with Gasteiger partial charge >= 0.3 is 8.80 Å². The Labute approximate surface area is 94.2 Å². The third-order valence-corrected chi connectivity index (χ3v) is 5.22. The van der Waals surface area contributed by atoms with Crippen LogP contribution in [0.5, 0.6) is 0 Å². The van der Waals surface area contributed by atoms with Crippen LogP contribution in [0.3, 0.4) is 0 Å². The molecule has 0 spiro atoms. The molecule has 0 aliphatic carbocycles. The Balaban J connectivity index is 4.44. The minimum Gasteiger partial charge on any atom is -0.374 e. The van der Waals surface area contributed by atoms with Gasteiger partial charge in [0, 0.05) is 26.4 Å². The van der Waals surface area contributed by atoms with Crippen LogP contribution in [0.1, 0.15) is 34.1 Å². The van der Waals surface area contributed by atoms with Crippen molar-refractivity contribution in [1.29, 1.82) is 0 Å². The monoisotopic (exact) mass is 236 g/mol. The van der Waals surface area contributed by atoms with Crippen molar-refractivity contribution in [1.82, 2.24) is 0 Å². The maximum absolute atomic E-state index is 5.78. The van der Waals surface area contributed by atoms with Crippen LogP contribution in [0.15, 0.2) is 0 Å². The lowest BCUT2D eigenvalue weighted by Crippen LogP contribution is -2.48. The molecule has 0 N–H and O–H groups in total.